The van der Waals surface area contributed by atoms with E-state index in [1.807, 2.05) is 6.92 Å². The van der Waals surface area contributed by atoms with Crippen molar-refractivity contribution in [2.75, 3.05) is 13.1 Å². The van der Waals surface area contributed by atoms with Crippen LogP contribution >= 0.6 is 0 Å². The van der Waals surface area contributed by atoms with Gasteiger partial charge in [0.25, 0.3) is 5.56 Å². The summed E-state index contributed by atoms with van der Waals surface area (Å²) in [6.45, 7) is 5.96. The van der Waals surface area contributed by atoms with Gasteiger partial charge in [0, 0.05) is 18.0 Å². The summed E-state index contributed by atoms with van der Waals surface area (Å²) < 4.78 is 0. The number of rotatable bonds is 1. The van der Waals surface area contributed by atoms with Crippen LogP contribution in [0.1, 0.15) is 31.3 Å². The van der Waals surface area contributed by atoms with Gasteiger partial charge in [0.15, 0.2) is 0 Å². The van der Waals surface area contributed by atoms with Gasteiger partial charge in [0.2, 0.25) is 0 Å². The maximum atomic E-state index is 11.4. The molecule has 1 fully saturated rings. The van der Waals surface area contributed by atoms with Gasteiger partial charge in [-0.1, -0.05) is 6.92 Å². The second-order valence-corrected chi connectivity index (χ2v) is 4.56. The Hall–Kier alpha value is -1.16. The highest BCUT2D eigenvalue weighted by atomic mass is 16.1. The zero-order valence-electron chi connectivity index (χ0n) is 9.26. The molecule has 1 aliphatic heterocycles. The molecule has 4 nitrogen and oxygen atoms in total. The molecule has 0 amide bonds. The van der Waals surface area contributed by atoms with E-state index in [4.69, 9.17) is 0 Å². The molecule has 1 atom stereocenters. The van der Waals surface area contributed by atoms with Crippen molar-refractivity contribution < 1.29 is 0 Å². The van der Waals surface area contributed by atoms with E-state index in [-0.39, 0.29) is 11.0 Å². The Morgan fingerprint density at radius 3 is 2.93 bits per heavy atom. The highest BCUT2D eigenvalue weighted by Crippen LogP contribution is 2.28. The molecule has 2 N–H and O–H groups in total. The predicted octanol–water partition coefficient (Wildman–Crippen LogP) is 0.719. The van der Waals surface area contributed by atoms with Crippen LogP contribution in [0.4, 0.5) is 0 Å². The molecule has 0 bridgehead atoms. The molecule has 0 aliphatic carbocycles. The van der Waals surface area contributed by atoms with E-state index in [1.165, 1.54) is 0 Å². The summed E-state index contributed by atoms with van der Waals surface area (Å²) >= 11 is 0. The van der Waals surface area contributed by atoms with E-state index < -0.39 is 0 Å². The monoisotopic (exact) mass is 207 g/mol. The molecule has 82 valence electrons. The van der Waals surface area contributed by atoms with Crippen molar-refractivity contribution in [3.63, 3.8) is 0 Å². The third-order valence-corrected chi connectivity index (χ3v) is 3.08. The second-order valence-electron chi connectivity index (χ2n) is 4.56. The van der Waals surface area contributed by atoms with Gasteiger partial charge in [0.05, 0.1) is 5.69 Å². The Morgan fingerprint density at radius 2 is 2.33 bits per heavy atom. The molecule has 0 saturated carbocycles. The van der Waals surface area contributed by atoms with Crippen molar-refractivity contribution in [2.45, 2.75) is 32.1 Å². The standard InChI is InChI=1S/C11H17N3O/c1-8-13-9(6-10(15)14-8)11(2)4-3-5-12-7-11/h6,12H,3-5,7H2,1-2H3,(H,13,14,15). The molecule has 2 heterocycles. The number of aromatic amines is 1. The summed E-state index contributed by atoms with van der Waals surface area (Å²) in [6.07, 6.45) is 2.24. The number of aryl methyl sites for hydroxylation is 1. The highest BCUT2D eigenvalue weighted by molar-refractivity contribution is 5.16. The average molecular weight is 207 g/mol. The molecule has 1 aromatic heterocycles. The van der Waals surface area contributed by atoms with E-state index in [0.717, 1.165) is 31.6 Å². The molecule has 2 rings (SSSR count). The highest BCUT2D eigenvalue weighted by Gasteiger charge is 2.30. The van der Waals surface area contributed by atoms with E-state index in [1.54, 1.807) is 6.07 Å². The van der Waals surface area contributed by atoms with Crippen LogP contribution in [0.3, 0.4) is 0 Å². The molecule has 15 heavy (non-hydrogen) atoms. The van der Waals surface area contributed by atoms with E-state index in [0.29, 0.717) is 5.82 Å². The molecular formula is C11H17N3O. The minimum Gasteiger partial charge on any atom is -0.316 e. The predicted molar refractivity (Wildman–Crippen MR) is 59.1 cm³/mol. The maximum Gasteiger partial charge on any atom is 0.251 e. The third kappa shape index (κ3) is 2.09. The molecule has 0 spiro atoms. The molecular weight excluding hydrogens is 190 g/mol. The fraction of sp³-hybridized carbons (Fsp3) is 0.636. The topological polar surface area (TPSA) is 57.8 Å². The summed E-state index contributed by atoms with van der Waals surface area (Å²) in [6, 6.07) is 1.62. The average Bonchev–Trinajstić information content (AvgIpc) is 2.17. The SMILES string of the molecule is Cc1nc(C2(C)CCCNC2)cc(=O)[nH]1. The molecule has 1 unspecified atom stereocenters. The van der Waals surface area contributed by atoms with Gasteiger partial charge in [-0.15, -0.1) is 0 Å². The molecule has 1 aromatic rings. The summed E-state index contributed by atoms with van der Waals surface area (Å²) in [7, 11) is 0. The van der Waals surface area contributed by atoms with Gasteiger partial charge < -0.3 is 10.3 Å². The second kappa shape index (κ2) is 3.77. The minimum atomic E-state index is -0.0516. The Bertz CT molecular complexity index is 405. The number of piperidine rings is 1. The zero-order chi connectivity index (χ0) is 10.9. The van der Waals surface area contributed by atoms with Gasteiger partial charge in [-0.2, -0.15) is 0 Å². The van der Waals surface area contributed by atoms with Gasteiger partial charge in [0.1, 0.15) is 5.82 Å². The number of nitrogens with zero attached hydrogens (tertiary/aromatic N) is 1. The van der Waals surface area contributed by atoms with Crippen molar-refractivity contribution in [1.82, 2.24) is 15.3 Å². The van der Waals surface area contributed by atoms with Gasteiger partial charge >= 0.3 is 0 Å². The summed E-state index contributed by atoms with van der Waals surface area (Å²) in [5.74, 6) is 0.698. The summed E-state index contributed by atoms with van der Waals surface area (Å²) in [5.41, 5.74) is 0.873. The number of nitrogens with one attached hydrogen (secondary N) is 2. The van der Waals surface area contributed by atoms with Crippen LogP contribution in [0.2, 0.25) is 0 Å². The maximum absolute atomic E-state index is 11.4. The van der Waals surface area contributed by atoms with E-state index in [9.17, 15) is 4.79 Å². The van der Waals surface area contributed by atoms with E-state index >= 15 is 0 Å². The van der Waals surface area contributed by atoms with Crippen molar-refractivity contribution >= 4 is 0 Å². The van der Waals surface area contributed by atoms with E-state index in [2.05, 4.69) is 22.2 Å². The quantitative estimate of drug-likeness (QED) is 0.713. The van der Waals surface area contributed by atoms with Crippen molar-refractivity contribution in [3.8, 4) is 0 Å². The lowest BCUT2D eigenvalue weighted by Gasteiger charge is -2.33. The summed E-state index contributed by atoms with van der Waals surface area (Å²) in [5, 5.41) is 3.36. The number of hydrogen-bond acceptors (Lipinski definition) is 3. The Balaban J connectivity index is 2.38. The fourth-order valence-corrected chi connectivity index (χ4v) is 2.16. The Kier molecular flexibility index (Phi) is 2.61. The largest absolute Gasteiger partial charge is 0.316 e. The number of H-pyrrole nitrogens is 1. The van der Waals surface area contributed by atoms with Crippen LogP contribution in [0.5, 0.6) is 0 Å². The first kappa shape index (κ1) is 10.4. The Labute approximate surface area is 89.1 Å². The van der Waals surface area contributed by atoms with Gasteiger partial charge in [-0.25, -0.2) is 4.98 Å². The van der Waals surface area contributed by atoms with Gasteiger partial charge in [-0.05, 0) is 26.3 Å². The lowest BCUT2D eigenvalue weighted by molar-refractivity contribution is 0.331. The van der Waals surface area contributed by atoms with Gasteiger partial charge in [-0.3, -0.25) is 4.79 Å². The van der Waals surface area contributed by atoms with Crippen LogP contribution in [-0.2, 0) is 5.41 Å². The van der Waals surface area contributed by atoms with Crippen molar-refractivity contribution in [2.24, 2.45) is 0 Å². The first-order valence-electron chi connectivity index (χ1n) is 5.39. The lowest BCUT2D eigenvalue weighted by atomic mass is 9.79. The first-order chi connectivity index (χ1) is 7.10. The smallest absolute Gasteiger partial charge is 0.251 e. The molecule has 0 radical (unpaired) electrons. The van der Waals surface area contributed by atoms with Crippen LogP contribution in [0.25, 0.3) is 0 Å². The number of hydrogen-bond donors (Lipinski definition) is 2. The molecule has 1 saturated heterocycles. The lowest BCUT2D eigenvalue weighted by Crippen LogP contribution is -2.42. The van der Waals surface area contributed by atoms with Crippen LogP contribution < -0.4 is 10.9 Å². The van der Waals surface area contributed by atoms with Crippen LogP contribution in [0, 0.1) is 6.92 Å². The molecule has 0 aromatic carbocycles. The normalized spacial score (nSPS) is 26.5. The third-order valence-electron chi connectivity index (χ3n) is 3.08. The molecule has 4 heteroatoms. The minimum absolute atomic E-state index is 0.0112. The van der Waals surface area contributed by atoms with Crippen molar-refractivity contribution in [1.29, 1.82) is 0 Å². The molecule has 1 aliphatic rings. The van der Waals surface area contributed by atoms with Crippen LogP contribution in [-0.4, -0.2) is 23.1 Å². The zero-order valence-corrected chi connectivity index (χ0v) is 9.26. The number of aromatic nitrogens is 2. The van der Waals surface area contributed by atoms with Crippen LogP contribution in [0.15, 0.2) is 10.9 Å². The fourth-order valence-electron chi connectivity index (χ4n) is 2.16. The summed E-state index contributed by atoms with van der Waals surface area (Å²) in [4.78, 5) is 18.5. The Morgan fingerprint density at radius 1 is 1.53 bits per heavy atom. The first-order valence-corrected chi connectivity index (χ1v) is 5.39. The van der Waals surface area contributed by atoms with Crippen molar-refractivity contribution in [3.05, 3.63) is 27.9 Å².